The van der Waals surface area contributed by atoms with E-state index in [1.165, 1.54) is 19.2 Å². The number of hydrogen-bond acceptors (Lipinski definition) is 5. The summed E-state index contributed by atoms with van der Waals surface area (Å²) in [6, 6.07) is 5.94. The first-order valence-electron chi connectivity index (χ1n) is 5.67. The minimum absolute atomic E-state index is 0.323. The third-order valence-corrected chi connectivity index (χ3v) is 4.57. The summed E-state index contributed by atoms with van der Waals surface area (Å²) in [6.45, 7) is 1.40. The lowest BCUT2D eigenvalue weighted by molar-refractivity contribution is 0.154. The molecule has 0 saturated carbocycles. The SMILES string of the molecule is COC(=O)N1CCN(c2cc(Br)c3occc3c2)S1. The highest BCUT2D eigenvalue weighted by atomic mass is 79.9. The van der Waals surface area contributed by atoms with E-state index in [0.717, 1.165) is 27.7 Å². The summed E-state index contributed by atoms with van der Waals surface area (Å²) in [5.41, 5.74) is 1.86. The number of ether oxygens (including phenoxy) is 1. The molecule has 100 valence electrons. The summed E-state index contributed by atoms with van der Waals surface area (Å²) < 4.78 is 14.6. The highest BCUT2D eigenvalue weighted by Gasteiger charge is 2.27. The van der Waals surface area contributed by atoms with Gasteiger partial charge in [0.15, 0.2) is 0 Å². The van der Waals surface area contributed by atoms with Crippen molar-refractivity contribution in [1.29, 1.82) is 0 Å². The molecule has 1 aliphatic rings. The molecule has 0 unspecified atom stereocenters. The summed E-state index contributed by atoms with van der Waals surface area (Å²) in [4.78, 5) is 11.5. The molecule has 7 heteroatoms. The average molecular weight is 343 g/mol. The number of amides is 1. The van der Waals surface area contributed by atoms with Crippen LogP contribution >= 0.6 is 28.1 Å². The number of nitrogens with zero attached hydrogens (tertiary/aromatic N) is 2. The largest absolute Gasteiger partial charge is 0.463 e. The maximum Gasteiger partial charge on any atom is 0.421 e. The number of carbonyl (C=O) groups is 1. The molecule has 2 heterocycles. The van der Waals surface area contributed by atoms with Crippen LogP contribution < -0.4 is 4.31 Å². The van der Waals surface area contributed by atoms with Crippen LogP contribution in [0.4, 0.5) is 10.5 Å². The summed E-state index contributed by atoms with van der Waals surface area (Å²) in [6.07, 6.45) is 1.34. The van der Waals surface area contributed by atoms with Gasteiger partial charge in [-0.25, -0.2) is 9.10 Å². The lowest BCUT2D eigenvalue weighted by Gasteiger charge is -2.17. The second kappa shape index (κ2) is 4.97. The molecular weight excluding hydrogens is 332 g/mol. The Bertz CT molecular complexity index is 630. The number of methoxy groups -OCH3 is 1. The molecule has 0 spiro atoms. The smallest absolute Gasteiger partial charge is 0.421 e. The maximum atomic E-state index is 11.5. The van der Waals surface area contributed by atoms with Crippen LogP contribution in [0.3, 0.4) is 0 Å². The highest BCUT2D eigenvalue weighted by molar-refractivity contribution is 9.10. The van der Waals surface area contributed by atoms with E-state index in [1.807, 2.05) is 22.5 Å². The van der Waals surface area contributed by atoms with Gasteiger partial charge in [-0.2, -0.15) is 0 Å². The Labute approximate surface area is 122 Å². The van der Waals surface area contributed by atoms with Gasteiger partial charge in [-0.15, -0.1) is 0 Å². The fraction of sp³-hybridized carbons (Fsp3) is 0.250. The van der Waals surface area contributed by atoms with Crippen LogP contribution in [0.2, 0.25) is 0 Å². The number of halogens is 1. The van der Waals surface area contributed by atoms with Gasteiger partial charge < -0.3 is 9.15 Å². The van der Waals surface area contributed by atoms with Crippen LogP contribution in [0, 0.1) is 0 Å². The molecule has 0 aliphatic carbocycles. The molecule has 3 rings (SSSR count). The van der Waals surface area contributed by atoms with Crippen molar-refractivity contribution in [1.82, 2.24) is 4.31 Å². The van der Waals surface area contributed by atoms with Crippen LogP contribution in [0.25, 0.3) is 11.0 Å². The predicted molar refractivity (Wildman–Crippen MR) is 78.0 cm³/mol. The standard InChI is InChI=1S/C12H11BrN2O3S/c1-17-12(16)15-4-3-14(19-15)9-6-8-2-5-18-11(8)10(13)7-9/h2,5-7H,3-4H2,1H3. The Kier molecular flexibility index (Phi) is 3.32. The molecular formula is C12H11BrN2O3S. The molecule has 0 radical (unpaired) electrons. The Balaban J connectivity index is 1.87. The molecule has 1 aliphatic heterocycles. The van der Waals surface area contributed by atoms with Crippen LogP contribution in [0.5, 0.6) is 0 Å². The monoisotopic (exact) mass is 342 g/mol. The van der Waals surface area contributed by atoms with E-state index in [9.17, 15) is 4.79 Å². The number of rotatable bonds is 1. The Morgan fingerprint density at radius 1 is 1.47 bits per heavy atom. The summed E-state index contributed by atoms with van der Waals surface area (Å²) in [7, 11) is 1.39. The maximum absolute atomic E-state index is 11.5. The van der Waals surface area contributed by atoms with Gasteiger partial charge in [0.1, 0.15) is 5.58 Å². The summed E-state index contributed by atoms with van der Waals surface area (Å²) in [5.74, 6) is 0. The van der Waals surface area contributed by atoms with E-state index in [0.29, 0.717) is 6.54 Å². The first kappa shape index (κ1) is 12.7. The average Bonchev–Trinajstić information content (AvgIpc) is 3.06. The van der Waals surface area contributed by atoms with Crippen LogP contribution in [-0.2, 0) is 4.74 Å². The normalized spacial score (nSPS) is 15.3. The van der Waals surface area contributed by atoms with Crippen molar-refractivity contribution in [2.24, 2.45) is 0 Å². The van der Waals surface area contributed by atoms with Crippen molar-refractivity contribution in [3.8, 4) is 0 Å². The topological polar surface area (TPSA) is 45.9 Å². The quantitative estimate of drug-likeness (QED) is 0.740. The number of carbonyl (C=O) groups excluding carboxylic acids is 1. The van der Waals surface area contributed by atoms with Gasteiger partial charge >= 0.3 is 6.09 Å². The van der Waals surface area contributed by atoms with E-state index in [4.69, 9.17) is 9.15 Å². The molecule has 19 heavy (non-hydrogen) atoms. The number of anilines is 1. The van der Waals surface area contributed by atoms with Crippen molar-refractivity contribution in [2.75, 3.05) is 24.5 Å². The van der Waals surface area contributed by atoms with Gasteiger partial charge in [0.05, 0.1) is 48.8 Å². The van der Waals surface area contributed by atoms with Crippen molar-refractivity contribution in [3.05, 3.63) is 28.9 Å². The van der Waals surface area contributed by atoms with Crippen molar-refractivity contribution >= 4 is 50.8 Å². The number of benzene rings is 1. The Morgan fingerprint density at radius 2 is 2.32 bits per heavy atom. The van der Waals surface area contributed by atoms with Crippen molar-refractivity contribution in [3.63, 3.8) is 0 Å². The second-order valence-electron chi connectivity index (χ2n) is 4.02. The number of fused-ring (bicyclic) bond motifs is 1. The minimum Gasteiger partial charge on any atom is -0.463 e. The first-order chi connectivity index (χ1) is 9.19. The van der Waals surface area contributed by atoms with Gasteiger partial charge in [-0.1, -0.05) is 0 Å². The van der Waals surface area contributed by atoms with Crippen LogP contribution in [-0.4, -0.2) is 30.6 Å². The molecule has 0 atom stereocenters. The molecule has 1 amide bonds. The minimum atomic E-state index is -0.323. The highest BCUT2D eigenvalue weighted by Crippen LogP contribution is 2.36. The Morgan fingerprint density at radius 3 is 3.11 bits per heavy atom. The number of furan rings is 1. The Hall–Kier alpha value is -1.34. The molecule has 5 nitrogen and oxygen atoms in total. The zero-order chi connectivity index (χ0) is 13.4. The van der Waals surface area contributed by atoms with Gasteiger partial charge in [0, 0.05) is 5.39 Å². The first-order valence-corrected chi connectivity index (χ1v) is 7.19. The van der Waals surface area contributed by atoms with E-state index in [2.05, 4.69) is 15.9 Å². The van der Waals surface area contributed by atoms with Crippen LogP contribution in [0.1, 0.15) is 0 Å². The van der Waals surface area contributed by atoms with Crippen molar-refractivity contribution in [2.45, 2.75) is 0 Å². The third kappa shape index (κ3) is 2.28. The van der Waals surface area contributed by atoms with E-state index in [1.54, 1.807) is 10.6 Å². The van der Waals surface area contributed by atoms with E-state index < -0.39 is 0 Å². The fourth-order valence-electron chi connectivity index (χ4n) is 1.95. The van der Waals surface area contributed by atoms with E-state index in [-0.39, 0.29) is 6.09 Å². The lowest BCUT2D eigenvalue weighted by atomic mass is 10.2. The van der Waals surface area contributed by atoms with Gasteiger partial charge in [0.25, 0.3) is 0 Å². The third-order valence-electron chi connectivity index (χ3n) is 2.86. The van der Waals surface area contributed by atoms with Gasteiger partial charge in [-0.3, -0.25) is 4.31 Å². The summed E-state index contributed by atoms with van der Waals surface area (Å²) in [5, 5.41) is 1.03. The van der Waals surface area contributed by atoms with Gasteiger partial charge in [0.2, 0.25) is 0 Å². The molecule has 2 aromatic rings. The number of hydrogen-bond donors (Lipinski definition) is 0. The lowest BCUT2D eigenvalue weighted by Crippen LogP contribution is -2.21. The summed E-state index contributed by atoms with van der Waals surface area (Å²) >= 11 is 4.85. The molecule has 1 aromatic carbocycles. The zero-order valence-corrected chi connectivity index (χ0v) is 12.5. The van der Waals surface area contributed by atoms with Crippen molar-refractivity contribution < 1.29 is 13.9 Å². The molecule has 1 fully saturated rings. The predicted octanol–water partition coefficient (Wildman–Crippen LogP) is 3.65. The molecule has 1 aromatic heterocycles. The molecule has 0 N–H and O–H groups in total. The van der Waals surface area contributed by atoms with Gasteiger partial charge in [-0.05, 0) is 34.1 Å². The molecule has 0 bridgehead atoms. The van der Waals surface area contributed by atoms with E-state index >= 15 is 0 Å². The fourth-order valence-corrected chi connectivity index (χ4v) is 3.41. The second-order valence-corrected chi connectivity index (χ2v) is 5.92. The van der Waals surface area contributed by atoms with Crippen LogP contribution in [0.15, 0.2) is 33.4 Å². The molecule has 1 saturated heterocycles. The zero-order valence-electron chi connectivity index (χ0n) is 10.1.